The second kappa shape index (κ2) is 8.19. The van der Waals surface area contributed by atoms with Gasteiger partial charge < -0.3 is 20.9 Å². The van der Waals surface area contributed by atoms with E-state index in [2.05, 4.69) is 9.97 Å². The Morgan fingerprint density at radius 1 is 1.13 bits per heavy atom. The summed E-state index contributed by atoms with van der Waals surface area (Å²) in [5, 5.41) is 0.0900. The molecular weight excluding hydrogens is 420 g/mol. The lowest BCUT2D eigenvalue weighted by Gasteiger charge is -2.34. The standard InChI is InChI=1S/C21H21ClN6O3/c1-27-19-13(9-25-20(22)26-19)10-28(21(27)29)14-6-15(30-2)8-16(7-14)31-11-12-3-4-17(23)18(24)5-12/h3-9H,10-11,23-24H2,1-2H3. The highest BCUT2D eigenvalue weighted by molar-refractivity contribution is 6.28. The number of halogens is 1. The number of carbonyl (C=O) groups is 1. The van der Waals surface area contributed by atoms with E-state index < -0.39 is 0 Å². The first-order valence-corrected chi connectivity index (χ1v) is 9.76. The predicted molar refractivity (Wildman–Crippen MR) is 120 cm³/mol. The molecule has 160 valence electrons. The third kappa shape index (κ3) is 4.13. The lowest BCUT2D eigenvalue weighted by Crippen LogP contribution is -2.45. The van der Waals surface area contributed by atoms with Crippen LogP contribution in [0.5, 0.6) is 11.5 Å². The van der Waals surface area contributed by atoms with Crippen molar-refractivity contribution >= 4 is 40.5 Å². The first-order valence-electron chi connectivity index (χ1n) is 9.38. The third-order valence-electron chi connectivity index (χ3n) is 4.95. The van der Waals surface area contributed by atoms with E-state index in [1.54, 1.807) is 55.6 Å². The summed E-state index contributed by atoms with van der Waals surface area (Å²) in [5.41, 5.74) is 14.9. The second-order valence-electron chi connectivity index (χ2n) is 7.03. The molecular formula is C21H21ClN6O3. The van der Waals surface area contributed by atoms with Crippen molar-refractivity contribution in [3.63, 3.8) is 0 Å². The van der Waals surface area contributed by atoms with Gasteiger partial charge in [0.25, 0.3) is 0 Å². The molecule has 1 aromatic heterocycles. The van der Waals surface area contributed by atoms with Crippen LogP contribution in [0.3, 0.4) is 0 Å². The van der Waals surface area contributed by atoms with E-state index in [0.717, 1.165) is 11.1 Å². The molecule has 0 radical (unpaired) electrons. The van der Waals surface area contributed by atoms with Crippen molar-refractivity contribution in [1.29, 1.82) is 0 Å². The minimum atomic E-state index is -0.257. The van der Waals surface area contributed by atoms with E-state index in [1.165, 1.54) is 4.90 Å². The van der Waals surface area contributed by atoms with E-state index >= 15 is 0 Å². The van der Waals surface area contributed by atoms with Gasteiger partial charge in [0, 0.05) is 37.0 Å². The number of hydrogen-bond donors (Lipinski definition) is 2. The zero-order chi connectivity index (χ0) is 22.1. The number of ether oxygens (including phenoxy) is 2. The van der Waals surface area contributed by atoms with Crippen molar-refractivity contribution in [3.8, 4) is 11.5 Å². The Hall–Kier alpha value is -3.72. The summed E-state index contributed by atoms with van der Waals surface area (Å²) >= 11 is 5.89. The molecule has 4 rings (SSSR count). The van der Waals surface area contributed by atoms with Crippen LogP contribution < -0.4 is 30.7 Å². The fourth-order valence-electron chi connectivity index (χ4n) is 3.28. The molecule has 4 N–H and O–H groups in total. The Bertz CT molecular complexity index is 1160. The highest BCUT2D eigenvalue weighted by Crippen LogP contribution is 2.34. The lowest BCUT2D eigenvalue weighted by molar-refractivity contribution is 0.251. The van der Waals surface area contributed by atoms with Gasteiger partial charge in [-0.2, -0.15) is 4.98 Å². The summed E-state index contributed by atoms with van der Waals surface area (Å²) in [5.74, 6) is 1.58. The number of amides is 2. The number of anilines is 4. The van der Waals surface area contributed by atoms with Gasteiger partial charge in [-0.05, 0) is 29.3 Å². The first kappa shape index (κ1) is 20.5. The van der Waals surface area contributed by atoms with Gasteiger partial charge in [0.05, 0.1) is 30.7 Å². The number of fused-ring (bicyclic) bond motifs is 1. The van der Waals surface area contributed by atoms with Gasteiger partial charge in [-0.1, -0.05) is 6.07 Å². The topological polar surface area (TPSA) is 120 Å². The maximum Gasteiger partial charge on any atom is 0.330 e. The monoisotopic (exact) mass is 440 g/mol. The molecule has 2 amide bonds. The van der Waals surface area contributed by atoms with Gasteiger partial charge >= 0.3 is 6.03 Å². The van der Waals surface area contributed by atoms with Crippen molar-refractivity contribution in [2.24, 2.45) is 0 Å². The van der Waals surface area contributed by atoms with Gasteiger partial charge in [0.2, 0.25) is 5.28 Å². The zero-order valence-corrected chi connectivity index (χ0v) is 17.8. The molecule has 0 atom stereocenters. The number of aromatic nitrogens is 2. The smallest absolute Gasteiger partial charge is 0.330 e. The van der Waals surface area contributed by atoms with Crippen molar-refractivity contribution in [3.05, 3.63) is 59.0 Å². The Labute approximate surface area is 184 Å². The van der Waals surface area contributed by atoms with Crippen molar-refractivity contribution in [1.82, 2.24) is 9.97 Å². The fraction of sp³-hybridized carbons (Fsp3) is 0.190. The van der Waals surface area contributed by atoms with Crippen molar-refractivity contribution in [2.45, 2.75) is 13.2 Å². The molecule has 31 heavy (non-hydrogen) atoms. The average Bonchev–Trinajstić information content (AvgIpc) is 2.77. The average molecular weight is 441 g/mol. The number of nitrogen functional groups attached to an aromatic ring is 2. The number of benzene rings is 2. The summed E-state index contributed by atoms with van der Waals surface area (Å²) in [6.45, 7) is 0.566. The van der Waals surface area contributed by atoms with Crippen LogP contribution in [-0.4, -0.2) is 30.2 Å². The number of urea groups is 1. The lowest BCUT2D eigenvalue weighted by atomic mass is 10.1. The summed E-state index contributed by atoms with van der Waals surface area (Å²) in [4.78, 5) is 24.2. The van der Waals surface area contributed by atoms with Gasteiger partial charge in [0.1, 0.15) is 23.9 Å². The first-order chi connectivity index (χ1) is 14.9. The molecule has 2 heterocycles. The van der Waals surface area contributed by atoms with Crippen LogP contribution in [0.4, 0.5) is 27.7 Å². The molecule has 1 aliphatic rings. The van der Waals surface area contributed by atoms with Crippen LogP contribution in [-0.2, 0) is 13.2 Å². The maximum absolute atomic E-state index is 13.0. The van der Waals surface area contributed by atoms with Gasteiger partial charge in [-0.25, -0.2) is 9.78 Å². The van der Waals surface area contributed by atoms with Crippen molar-refractivity contribution in [2.75, 3.05) is 35.4 Å². The minimum absolute atomic E-state index is 0.0900. The minimum Gasteiger partial charge on any atom is -0.497 e. The second-order valence-corrected chi connectivity index (χ2v) is 7.37. The van der Waals surface area contributed by atoms with Crippen LogP contribution >= 0.6 is 11.6 Å². The highest BCUT2D eigenvalue weighted by atomic mass is 35.5. The van der Waals surface area contributed by atoms with Crippen LogP contribution in [0.25, 0.3) is 0 Å². The summed E-state index contributed by atoms with van der Waals surface area (Å²) in [6.07, 6.45) is 1.61. The molecule has 2 aromatic carbocycles. The zero-order valence-electron chi connectivity index (χ0n) is 17.0. The normalized spacial score (nSPS) is 13.2. The molecule has 0 unspecified atom stereocenters. The van der Waals surface area contributed by atoms with Crippen LogP contribution in [0, 0.1) is 0 Å². The number of carbonyl (C=O) groups excluding carboxylic acids is 1. The van der Waals surface area contributed by atoms with Crippen LogP contribution in [0.15, 0.2) is 42.6 Å². The van der Waals surface area contributed by atoms with Gasteiger partial charge in [-0.15, -0.1) is 0 Å². The molecule has 3 aromatic rings. The van der Waals surface area contributed by atoms with E-state index in [9.17, 15) is 4.79 Å². The SMILES string of the molecule is COc1cc(OCc2ccc(N)c(N)c2)cc(N2Cc3cnc(Cl)nc3N(C)C2=O)c1. The third-order valence-corrected chi connectivity index (χ3v) is 5.13. The number of nitrogens with zero attached hydrogens (tertiary/aromatic N) is 4. The number of methoxy groups -OCH3 is 1. The number of hydrogen-bond acceptors (Lipinski definition) is 7. The highest BCUT2D eigenvalue weighted by Gasteiger charge is 2.31. The number of nitrogens with two attached hydrogens (primary N) is 2. The van der Waals surface area contributed by atoms with Gasteiger partial charge in [0.15, 0.2) is 0 Å². The Morgan fingerprint density at radius 3 is 2.65 bits per heavy atom. The van der Waals surface area contributed by atoms with Crippen LogP contribution in [0.2, 0.25) is 5.28 Å². The maximum atomic E-state index is 13.0. The molecule has 0 spiro atoms. The Kier molecular flexibility index (Phi) is 5.43. The largest absolute Gasteiger partial charge is 0.497 e. The Balaban J connectivity index is 1.62. The van der Waals surface area contributed by atoms with Gasteiger partial charge in [-0.3, -0.25) is 9.80 Å². The van der Waals surface area contributed by atoms with E-state index in [1.807, 2.05) is 6.07 Å². The molecule has 1 aliphatic heterocycles. The summed E-state index contributed by atoms with van der Waals surface area (Å²) in [7, 11) is 3.19. The van der Waals surface area contributed by atoms with E-state index in [4.69, 9.17) is 32.5 Å². The molecule has 0 fully saturated rings. The molecule has 9 nitrogen and oxygen atoms in total. The quantitative estimate of drug-likeness (QED) is 0.460. The van der Waals surface area contributed by atoms with E-state index in [0.29, 0.717) is 34.4 Å². The summed E-state index contributed by atoms with van der Waals surface area (Å²) < 4.78 is 11.3. The van der Waals surface area contributed by atoms with E-state index in [-0.39, 0.29) is 24.5 Å². The van der Waals surface area contributed by atoms with Crippen molar-refractivity contribution < 1.29 is 14.3 Å². The molecule has 0 aliphatic carbocycles. The van der Waals surface area contributed by atoms with Crippen LogP contribution in [0.1, 0.15) is 11.1 Å². The number of rotatable bonds is 5. The predicted octanol–water partition coefficient (Wildman–Crippen LogP) is 3.46. The molecule has 10 heteroatoms. The molecule has 0 bridgehead atoms. The molecule has 0 saturated heterocycles. The molecule has 0 saturated carbocycles. The summed E-state index contributed by atoms with van der Waals surface area (Å²) in [6, 6.07) is 10.4. The Morgan fingerprint density at radius 2 is 1.90 bits per heavy atom. The fourth-order valence-corrected chi connectivity index (χ4v) is 3.41.